The number of nitrogens with one attached hydrogen (secondary N) is 2. The molecule has 1 aromatic carbocycles. The molecular formula is C17H22N2O2. The Labute approximate surface area is 124 Å². The second kappa shape index (κ2) is 5.19. The van der Waals surface area contributed by atoms with Crippen LogP contribution in [0.5, 0.6) is 0 Å². The number of H-pyrrole nitrogens is 1. The Bertz CT molecular complexity index is 681. The quantitative estimate of drug-likeness (QED) is 0.812. The molecular weight excluding hydrogens is 264 g/mol. The van der Waals surface area contributed by atoms with Crippen LogP contribution < -0.4 is 5.32 Å². The van der Waals surface area contributed by atoms with Gasteiger partial charge in [-0.3, -0.25) is 4.79 Å². The number of benzene rings is 1. The van der Waals surface area contributed by atoms with E-state index >= 15 is 0 Å². The summed E-state index contributed by atoms with van der Waals surface area (Å²) in [5.41, 5.74) is 3.16. The Hall–Kier alpha value is -1.81. The molecule has 0 atom stereocenters. The van der Waals surface area contributed by atoms with Crippen molar-refractivity contribution in [2.75, 3.05) is 6.54 Å². The van der Waals surface area contributed by atoms with Gasteiger partial charge in [-0.15, -0.1) is 0 Å². The number of aromatic amines is 1. The third-order valence-electron chi connectivity index (χ3n) is 4.45. The zero-order valence-electron chi connectivity index (χ0n) is 12.6. The average Bonchev–Trinajstić information content (AvgIpc) is 3.03. The smallest absolute Gasteiger partial charge is 0.267 e. The van der Waals surface area contributed by atoms with Crippen molar-refractivity contribution in [2.45, 2.75) is 45.1 Å². The summed E-state index contributed by atoms with van der Waals surface area (Å²) in [4.78, 5) is 15.4. The number of rotatable bonds is 3. The summed E-state index contributed by atoms with van der Waals surface area (Å²) in [5, 5.41) is 14.2. The summed E-state index contributed by atoms with van der Waals surface area (Å²) in [5.74, 6) is -0.149. The molecule has 0 unspecified atom stereocenters. The number of amides is 1. The molecule has 0 saturated heterocycles. The molecule has 2 aromatic rings. The minimum Gasteiger partial charge on any atom is -0.388 e. The van der Waals surface area contributed by atoms with Crippen molar-refractivity contribution in [3.63, 3.8) is 0 Å². The molecule has 112 valence electrons. The highest BCUT2D eigenvalue weighted by Gasteiger charge is 2.31. The third-order valence-corrected chi connectivity index (χ3v) is 4.45. The second-order valence-electron chi connectivity index (χ2n) is 6.34. The first-order valence-electron chi connectivity index (χ1n) is 7.57. The van der Waals surface area contributed by atoms with Crippen molar-refractivity contribution in [2.24, 2.45) is 0 Å². The van der Waals surface area contributed by atoms with E-state index in [1.807, 2.05) is 26.0 Å². The average molecular weight is 286 g/mol. The zero-order chi connectivity index (χ0) is 15.0. The largest absolute Gasteiger partial charge is 0.388 e. The van der Waals surface area contributed by atoms with Crippen molar-refractivity contribution in [1.82, 2.24) is 10.3 Å². The SMILES string of the molecule is Cc1cc(C)c2cc(C(=O)NCC3(O)CCCC3)[nH]c2c1. The van der Waals surface area contributed by atoms with Crippen molar-refractivity contribution in [3.05, 3.63) is 35.0 Å². The zero-order valence-corrected chi connectivity index (χ0v) is 12.6. The molecule has 1 aromatic heterocycles. The van der Waals surface area contributed by atoms with Gasteiger partial charge in [0.15, 0.2) is 0 Å². The van der Waals surface area contributed by atoms with E-state index in [0.717, 1.165) is 42.1 Å². The minimum atomic E-state index is -0.714. The molecule has 1 aliphatic carbocycles. The van der Waals surface area contributed by atoms with E-state index in [2.05, 4.69) is 16.4 Å². The maximum Gasteiger partial charge on any atom is 0.267 e. The molecule has 1 aliphatic rings. The lowest BCUT2D eigenvalue weighted by Crippen LogP contribution is -2.40. The van der Waals surface area contributed by atoms with E-state index in [4.69, 9.17) is 0 Å². The van der Waals surface area contributed by atoms with Gasteiger partial charge in [-0.2, -0.15) is 0 Å². The van der Waals surface area contributed by atoms with Crippen molar-refractivity contribution >= 4 is 16.8 Å². The lowest BCUT2D eigenvalue weighted by Gasteiger charge is -2.22. The lowest BCUT2D eigenvalue weighted by atomic mass is 10.0. The summed E-state index contributed by atoms with van der Waals surface area (Å²) < 4.78 is 0. The highest BCUT2D eigenvalue weighted by Crippen LogP contribution is 2.28. The van der Waals surface area contributed by atoms with Gasteiger partial charge < -0.3 is 15.4 Å². The minimum absolute atomic E-state index is 0.149. The van der Waals surface area contributed by atoms with Crippen molar-refractivity contribution in [3.8, 4) is 0 Å². The molecule has 1 heterocycles. The first-order valence-corrected chi connectivity index (χ1v) is 7.57. The van der Waals surface area contributed by atoms with E-state index < -0.39 is 5.60 Å². The van der Waals surface area contributed by atoms with Crippen LogP contribution in [0.25, 0.3) is 10.9 Å². The maximum absolute atomic E-state index is 12.3. The van der Waals surface area contributed by atoms with Gasteiger partial charge in [0.05, 0.1) is 5.60 Å². The number of aryl methyl sites for hydroxylation is 2. The Morgan fingerprint density at radius 3 is 2.71 bits per heavy atom. The molecule has 0 spiro atoms. The van der Waals surface area contributed by atoms with Gasteiger partial charge in [0.2, 0.25) is 0 Å². The predicted octanol–water partition coefficient (Wildman–Crippen LogP) is 2.82. The van der Waals surface area contributed by atoms with E-state index in [1.165, 1.54) is 5.56 Å². The van der Waals surface area contributed by atoms with Gasteiger partial charge in [0.1, 0.15) is 5.69 Å². The molecule has 4 heteroatoms. The topological polar surface area (TPSA) is 65.1 Å². The fourth-order valence-electron chi connectivity index (χ4n) is 3.27. The highest BCUT2D eigenvalue weighted by molar-refractivity contribution is 5.99. The van der Waals surface area contributed by atoms with Crippen molar-refractivity contribution < 1.29 is 9.90 Å². The van der Waals surface area contributed by atoms with E-state index in [-0.39, 0.29) is 5.91 Å². The summed E-state index contributed by atoms with van der Waals surface area (Å²) in [7, 11) is 0. The number of carbonyl (C=O) groups is 1. The van der Waals surface area contributed by atoms with Gasteiger partial charge in [0, 0.05) is 17.4 Å². The molecule has 0 radical (unpaired) electrons. The molecule has 0 bridgehead atoms. The lowest BCUT2D eigenvalue weighted by molar-refractivity contribution is 0.0449. The van der Waals surface area contributed by atoms with Crippen LogP contribution in [0.3, 0.4) is 0 Å². The molecule has 3 rings (SSSR count). The van der Waals surface area contributed by atoms with Crippen molar-refractivity contribution in [1.29, 1.82) is 0 Å². The van der Waals surface area contributed by atoms with E-state index in [0.29, 0.717) is 12.2 Å². The standard InChI is InChI=1S/C17H22N2O2/c1-11-7-12(2)13-9-15(19-14(13)8-11)16(20)18-10-17(21)5-3-4-6-17/h7-9,19,21H,3-6,10H2,1-2H3,(H,18,20). The Morgan fingerprint density at radius 2 is 2.00 bits per heavy atom. The highest BCUT2D eigenvalue weighted by atomic mass is 16.3. The monoisotopic (exact) mass is 286 g/mol. The number of hydrogen-bond donors (Lipinski definition) is 3. The van der Waals surface area contributed by atoms with Crippen LogP contribution in [0.4, 0.5) is 0 Å². The van der Waals surface area contributed by atoms with Gasteiger partial charge in [-0.1, -0.05) is 18.9 Å². The number of aromatic nitrogens is 1. The van der Waals surface area contributed by atoms with E-state index in [9.17, 15) is 9.90 Å². The van der Waals surface area contributed by atoms with Crippen LogP contribution in [0, 0.1) is 13.8 Å². The van der Waals surface area contributed by atoms with Crippen LogP contribution in [-0.2, 0) is 0 Å². The third kappa shape index (κ3) is 2.81. The number of carbonyl (C=O) groups excluding carboxylic acids is 1. The van der Waals surface area contributed by atoms with Crippen LogP contribution in [-0.4, -0.2) is 28.1 Å². The van der Waals surface area contributed by atoms with Crippen LogP contribution in [0.15, 0.2) is 18.2 Å². The molecule has 1 fully saturated rings. The van der Waals surface area contributed by atoms with Crippen LogP contribution in [0.2, 0.25) is 0 Å². The fourth-order valence-corrected chi connectivity index (χ4v) is 3.27. The molecule has 4 nitrogen and oxygen atoms in total. The van der Waals surface area contributed by atoms with Gasteiger partial charge in [0.25, 0.3) is 5.91 Å². The number of aliphatic hydroxyl groups is 1. The molecule has 1 saturated carbocycles. The van der Waals surface area contributed by atoms with Crippen LogP contribution in [0.1, 0.15) is 47.3 Å². The summed E-state index contributed by atoms with van der Waals surface area (Å²) >= 11 is 0. The number of hydrogen-bond acceptors (Lipinski definition) is 2. The van der Waals surface area contributed by atoms with Gasteiger partial charge in [-0.25, -0.2) is 0 Å². The molecule has 3 N–H and O–H groups in total. The normalized spacial score (nSPS) is 17.3. The Morgan fingerprint density at radius 1 is 1.29 bits per heavy atom. The molecule has 21 heavy (non-hydrogen) atoms. The molecule has 1 amide bonds. The Kier molecular flexibility index (Phi) is 3.49. The summed E-state index contributed by atoms with van der Waals surface area (Å²) in [6.07, 6.45) is 3.63. The van der Waals surface area contributed by atoms with Gasteiger partial charge in [-0.05, 0) is 49.9 Å². The van der Waals surface area contributed by atoms with Gasteiger partial charge >= 0.3 is 0 Å². The second-order valence-corrected chi connectivity index (χ2v) is 6.34. The van der Waals surface area contributed by atoms with Crippen LogP contribution >= 0.6 is 0 Å². The first kappa shape index (κ1) is 14.1. The molecule has 0 aliphatic heterocycles. The first-order chi connectivity index (χ1) is 9.97. The van der Waals surface area contributed by atoms with E-state index in [1.54, 1.807) is 0 Å². The summed E-state index contributed by atoms with van der Waals surface area (Å²) in [6.45, 7) is 4.42. The predicted molar refractivity (Wildman–Crippen MR) is 83.5 cm³/mol. The maximum atomic E-state index is 12.3. The fraction of sp³-hybridized carbons (Fsp3) is 0.471. The number of fused-ring (bicyclic) bond motifs is 1. The summed E-state index contributed by atoms with van der Waals surface area (Å²) in [6, 6.07) is 6.04. The Balaban J connectivity index is 1.77.